The van der Waals surface area contributed by atoms with Crippen molar-refractivity contribution in [1.82, 2.24) is 21.3 Å². The molecule has 0 spiro atoms. The zero-order valence-electron chi connectivity index (χ0n) is 13.3. The molecule has 4 N–H and O–H groups in total. The quantitative estimate of drug-likeness (QED) is 0.544. The van der Waals surface area contributed by atoms with Crippen molar-refractivity contribution in [3.05, 3.63) is 0 Å². The maximum Gasteiger partial charge on any atom is -0.00484 e. The van der Waals surface area contributed by atoms with Gasteiger partial charge in [0.2, 0.25) is 0 Å². The predicted octanol–water partition coefficient (Wildman–Crippen LogP) is 1.48. The topological polar surface area (TPSA) is 48.1 Å². The highest BCUT2D eigenvalue weighted by atomic mass is 14.9. The van der Waals surface area contributed by atoms with Gasteiger partial charge in [-0.1, -0.05) is 0 Å². The normalized spacial score (nSPS) is 24.0. The Morgan fingerprint density at radius 1 is 0.250 bits per heavy atom. The molecular weight excluding hydrogens is 248 g/mol. The standard InChI is InChI=1S/4C4H9N/c4*1-2-4-5-3-1/h4*5H,1-4H2. The van der Waals surface area contributed by atoms with Gasteiger partial charge in [-0.3, -0.25) is 0 Å². The van der Waals surface area contributed by atoms with Gasteiger partial charge in [0.1, 0.15) is 0 Å². The maximum atomic E-state index is 3.22. The minimum atomic E-state index is 1.25. The Hall–Kier alpha value is -0.160. The highest BCUT2D eigenvalue weighted by Gasteiger charge is 1.94. The zero-order valence-corrected chi connectivity index (χ0v) is 13.3. The minimum Gasteiger partial charge on any atom is -0.317 e. The van der Waals surface area contributed by atoms with Crippen molar-refractivity contribution in [1.29, 1.82) is 0 Å². The molecule has 0 aromatic carbocycles. The van der Waals surface area contributed by atoms with E-state index in [0.29, 0.717) is 0 Å². The lowest BCUT2D eigenvalue weighted by molar-refractivity contribution is 0.857. The Labute approximate surface area is 125 Å². The van der Waals surface area contributed by atoms with Gasteiger partial charge in [0, 0.05) is 0 Å². The number of hydrogen-bond donors (Lipinski definition) is 4. The average molecular weight is 284 g/mol. The molecule has 4 fully saturated rings. The lowest BCUT2D eigenvalue weighted by atomic mass is 10.4. The summed E-state index contributed by atoms with van der Waals surface area (Å²) in [4.78, 5) is 0. The Kier molecular flexibility index (Phi) is 13.6. The summed E-state index contributed by atoms with van der Waals surface area (Å²) in [6.07, 6.45) is 11.1. The Bertz CT molecular complexity index is 101. The van der Waals surface area contributed by atoms with Crippen LogP contribution in [0.1, 0.15) is 51.4 Å². The lowest BCUT2D eigenvalue weighted by Crippen LogP contribution is -2.03. The Morgan fingerprint density at radius 3 is 0.450 bits per heavy atom. The molecule has 120 valence electrons. The second-order valence-electron chi connectivity index (χ2n) is 5.83. The molecule has 0 aliphatic carbocycles. The molecule has 0 atom stereocenters. The highest BCUT2D eigenvalue weighted by Crippen LogP contribution is 1.91. The molecule has 4 nitrogen and oxygen atoms in total. The fourth-order valence-corrected chi connectivity index (χ4v) is 2.50. The van der Waals surface area contributed by atoms with Crippen molar-refractivity contribution in [2.45, 2.75) is 51.4 Å². The predicted molar refractivity (Wildman–Crippen MR) is 88.4 cm³/mol. The summed E-state index contributed by atoms with van der Waals surface area (Å²) in [7, 11) is 0. The average Bonchev–Trinajstić information content (AvgIpc) is 3.40. The van der Waals surface area contributed by atoms with Crippen LogP contribution in [0.4, 0.5) is 0 Å². The van der Waals surface area contributed by atoms with Crippen molar-refractivity contribution in [2.75, 3.05) is 52.4 Å². The molecule has 0 aromatic rings. The molecule has 4 saturated heterocycles. The van der Waals surface area contributed by atoms with Gasteiger partial charge in [-0.15, -0.1) is 0 Å². The third-order valence-electron chi connectivity index (χ3n) is 3.83. The van der Waals surface area contributed by atoms with Crippen LogP contribution in [0.2, 0.25) is 0 Å². The van der Waals surface area contributed by atoms with Gasteiger partial charge >= 0.3 is 0 Å². The summed E-state index contributed by atoms with van der Waals surface area (Å²) < 4.78 is 0. The Balaban J connectivity index is 0.000000133. The second-order valence-corrected chi connectivity index (χ2v) is 5.83. The van der Waals surface area contributed by atoms with Crippen LogP contribution in [-0.2, 0) is 0 Å². The van der Waals surface area contributed by atoms with E-state index in [-0.39, 0.29) is 0 Å². The second kappa shape index (κ2) is 15.2. The maximum absolute atomic E-state index is 3.22. The van der Waals surface area contributed by atoms with Crippen LogP contribution < -0.4 is 21.3 Å². The lowest BCUT2D eigenvalue weighted by Gasteiger charge is -1.76. The van der Waals surface area contributed by atoms with Gasteiger partial charge < -0.3 is 21.3 Å². The third kappa shape index (κ3) is 12.9. The zero-order chi connectivity index (χ0) is 14.1. The summed E-state index contributed by atoms with van der Waals surface area (Å²) in [5, 5.41) is 12.9. The molecular formula is C16H36N4. The van der Waals surface area contributed by atoms with Gasteiger partial charge in [0.15, 0.2) is 0 Å². The SMILES string of the molecule is C1CCNC1.C1CCNC1.C1CCNC1.C1CCNC1. The number of hydrogen-bond acceptors (Lipinski definition) is 4. The molecule has 4 aliphatic rings. The summed E-state index contributed by atoms with van der Waals surface area (Å²) in [5.74, 6) is 0. The largest absolute Gasteiger partial charge is 0.317 e. The van der Waals surface area contributed by atoms with Crippen LogP contribution in [0.5, 0.6) is 0 Å². The van der Waals surface area contributed by atoms with Crippen molar-refractivity contribution < 1.29 is 0 Å². The van der Waals surface area contributed by atoms with E-state index in [9.17, 15) is 0 Å². The van der Waals surface area contributed by atoms with Crippen LogP contribution in [-0.4, -0.2) is 52.4 Å². The Morgan fingerprint density at radius 2 is 0.400 bits per heavy atom. The number of rotatable bonds is 0. The molecule has 4 heterocycles. The molecule has 4 aliphatic heterocycles. The van der Waals surface area contributed by atoms with Gasteiger partial charge in [-0.2, -0.15) is 0 Å². The van der Waals surface area contributed by atoms with Crippen LogP contribution >= 0.6 is 0 Å². The van der Waals surface area contributed by atoms with E-state index >= 15 is 0 Å². The molecule has 0 bridgehead atoms. The van der Waals surface area contributed by atoms with Gasteiger partial charge in [0.25, 0.3) is 0 Å². The first kappa shape index (κ1) is 17.9. The van der Waals surface area contributed by atoms with E-state index < -0.39 is 0 Å². The molecule has 0 amide bonds. The number of nitrogens with one attached hydrogen (secondary N) is 4. The molecule has 0 radical (unpaired) electrons. The molecule has 0 aromatic heterocycles. The minimum absolute atomic E-state index is 1.25. The first-order valence-corrected chi connectivity index (χ1v) is 8.83. The van der Waals surface area contributed by atoms with E-state index in [1.807, 2.05) is 0 Å². The van der Waals surface area contributed by atoms with Crippen molar-refractivity contribution in [3.63, 3.8) is 0 Å². The third-order valence-corrected chi connectivity index (χ3v) is 3.83. The van der Waals surface area contributed by atoms with Gasteiger partial charge in [-0.05, 0) is 104 Å². The van der Waals surface area contributed by atoms with E-state index in [0.717, 1.165) is 0 Å². The molecule has 0 unspecified atom stereocenters. The fourth-order valence-electron chi connectivity index (χ4n) is 2.50. The van der Waals surface area contributed by atoms with Crippen LogP contribution in [0.3, 0.4) is 0 Å². The van der Waals surface area contributed by atoms with E-state index in [1.165, 1.54) is 104 Å². The first-order chi connectivity index (χ1) is 10.0. The van der Waals surface area contributed by atoms with Gasteiger partial charge in [-0.25, -0.2) is 0 Å². The van der Waals surface area contributed by atoms with E-state index in [1.54, 1.807) is 0 Å². The van der Waals surface area contributed by atoms with Gasteiger partial charge in [0.05, 0.1) is 0 Å². The van der Waals surface area contributed by atoms with Crippen LogP contribution in [0.15, 0.2) is 0 Å². The van der Waals surface area contributed by atoms with Crippen LogP contribution in [0.25, 0.3) is 0 Å². The van der Waals surface area contributed by atoms with E-state index in [2.05, 4.69) is 21.3 Å². The van der Waals surface area contributed by atoms with Crippen molar-refractivity contribution in [3.8, 4) is 0 Å². The fraction of sp³-hybridized carbons (Fsp3) is 1.00. The summed E-state index contributed by atoms with van der Waals surface area (Å²) >= 11 is 0. The van der Waals surface area contributed by atoms with Crippen molar-refractivity contribution >= 4 is 0 Å². The van der Waals surface area contributed by atoms with Crippen molar-refractivity contribution in [2.24, 2.45) is 0 Å². The summed E-state index contributed by atoms with van der Waals surface area (Å²) in [5.41, 5.74) is 0. The summed E-state index contributed by atoms with van der Waals surface area (Å²) in [6.45, 7) is 10.0. The molecule has 20 heavy (non-hydrogen) atoms. The highest BCUT2D eigenvalue weighted by molar-refractivity contribution is 4.57. The molecule has 4 heteroatoms. The van der Waals surface area contributed by atoms with E-state index in [4.69, 9.17) is 0 Å². The first-order valence-electron chi connectivity index (χ1n) is 8.83. The smallest absolute Gasteiger partial charge is 0.00484 e. The summed E-state index contributed by atoms with van der Waals surface area (Å²) in [6, 6.07) is 0. The van der Waals surface area contributed by atoms with Crippen LogP contribution in [0, 0.1) is 0 Å². The monoisotopic (exact) mass is 284 g/mol. The molecule has 0 saturated carbocycles. The molecule has 4 rings (SSSR count).